The molecule has 0 spiro atoms. The van der Waals surface area contributed by atoms with Gasteiger partial charge in [0.2, 0.25) is 0 Å². The maximum atomic E-state index is 5.19. The molecule has 1 fully saturated rings. The third kappa shape index (κ3) is 9.84. The van der Waals surface area contributed by atoms with Crippen molar-refractivity contribution in [2.24, 2.45) is 5.73 Å². The van der Waals surface area contributed by atoms with Crippen molar-refractivity contribution in [3.05, 3.63) is 0 Å². The van der Waals surface area contributed by atoms with E-state index in [0.29, 0.717) is 0 Å². The Kier molecular flexibility index (Phi) is 8.81. The van der Waals surface area contributed by atoms with Gasteiger partial charge in [-0.2, -0.15) is 0 Å². The zero-order chi connectivity index (χ0) is 9.23. The molecule has 0 amide bonds. The molecule has 0 saturated carbocycles. The van der Waals surface area contributed by atoms with E-state index in [0.717, 1.165) is 39.5 Å². The Hall–Kier alpha value is -0.160. The average Bonchev–Trinajstić information content (AvgIpc) is 2.08. The van der Waals surface area contributed by atoms with E-state index in [9.17, 15) is 0 Å². The standard InChI is InChI=1S/C4H12N2.C4H8O2/c1-6(2)4-3-5;1-2-6-4-3-5-1/h3-5H2,1-2H3;1-4H2. The molecule has 1 heterocycles. The monoisotopic (exact) mass is 176 g/mol. The molecule has 74 valence electrons. The van der Waals surface area contributed by atoms with Crippen molar-refractivity contribution in [2.45, 2.75) is 0 Å². The molecule has 0 aromatic heterocycles. The fraction of sp³-hybridized carbons (Fsp3) is 1.00. The van der Waals surface area contributed by atoms with Crippen LogP contribution in [0.25, 0.3) is 0 Å². The molecule has 0 aliphatic carbocycles. The molecule has 2 N–H and O–H groups in total. The van der Waals surface area contributed by atoms with Crippen LogP contribution in [0.4, 0.5) is 0 Å². The minimum Gasteiger partial charge on any atom is -0.377 e. The van der Waals surface area contributed by atoms with Crippen molar-refractivity contribution in [1.82, 2.24) is 4.90 Å². The highest BCUT2D eigenvalue weighted by molar-refractivity contribution is 4.38. The highest BCUT2D eigenvalue weighted by Crippen LogP contribution is 1.85. The van der Waals surface area contributed by atoms with Gasteiger partial charge in [-0.3, -0.25) is 0 Å². The molecular weight excluding hydrogens is 156 g/mol. The molecule has 0 unspecified atom stereocenters. The predicted octanol–water partition coefficient (Wildman–Crippen LogP) is -0.460. The van der Waals surface area contributed by atoms with Crippen LogP contribution in [0.15, 0.2) is 0 Å². The summed E-state index contributed by atoms with van der Waals surface area (Å²) in [6.45, 7) is 4.85. The molecule has 1 aliphatic rings. The summed E-state index contributed by atoms with van der Waals surface area (Å²) in [5, 5.41) is 0. The van der Waals surface area contributed by atoms with Crippen molar-refractivity contribution < 1.29 is 9.47 Å². The Labute approximate surface area is 74.6 Å². The highest BCUT2D eigenvalue weighted by atomic mass is 16.6. The molecule has 4 heteroatoms. The third-order valence-electron chi connectivity index (χ3n) is 1.32. The lowest BCUT2D eigenvalue weighted by Crippen LogP contribution is -2.20. The summed E-state index contributed by atoms with van der Waals surface area (Å²) in [4.78, 5) is 2.06. The van der Waals surface area contributed by atoms with Gasteiger partial charge in [0.15, 0.2) is 0 Å². The Bertz CT molecular complexity index is 73.6. The quantitative estimate of drug-likeness (QED) is 0.618. The summed E-state index contributed by atoms with van der Waals surface area (Å²) in [5.41, 5.74) is 5.19. The number of nitrogens with two attached hydrogens (primary N) is 1. The van der Waals surface area contributed by atoms with E-state index < -0.39 is 0 Å². The molecule has 1 saturated heterocycles. The lowest BCUT2D eigenvalue weighted by Gasteiger charge is -2.09. The van der Waals surface area contributed by atoms with Crippen molar-refractivity contribution in [2.75, 3.05) is 53.6 Å². The predicted molar refractivity (Wildman–Crippen MR) is 49.2 cm³/mol. The van der Waals surface area contributed by atoms with Gasteiger partial charge < -0.3 is 20.1 Å². The first-order chi connectivity index (χ1) is 5.77. The minimum absolute atomic E-state index is 0.757. The van der Waals surface area contributed by atoms with Crippen molar-refractivity contribution in [1.29, 1.82) is 0 Å². The largest absolute Gasteiger partial charge is 0.377 e. The van der Waals surface area contributed by atoms with Crippen molar-refractivity contribution >= 4 is 0 Å². The molecule has 0 radical (unpaired) electrons. The number of hydrogen-bond acceptors (Lipinski definition) is 4. The maximum Gasteiger partial charge on any atom is 0.0701 e. The summed E-state index contributed by atoms with van der Waals surface area (Å²) >= 11 is 0. The van der Waals surface area contributed by atoms with Crippen LogP contribution in [-0.4, -0.2) is 58.5 Å². The molecule has 0 bridgehead atoms. The number of likely N-dealkylation sites (N-methyl/N-ethyl adjacent to an activating group) is 1. The summed E-state index contributed by atoms with van der Waals surface area (Å²) < 4.78 is 9.89. The van der Waals surface area contributed by atoms with Gasteiger partial charge in [-0.25, -0.2) is 0 Å². The molecule has 12 heavy (non-hydrogen) atoms. The van der Waals surface area contributed by atoms with Gasteiger partial charge in [0.1, 0.15) is 0 Å². The number of nitrogens with zero attached hydrogens (tertiary/aromatic N) is 1. The van der Waals surface area contributed by atoms with Crippen LogP contribution in [0, 0.1) is 0 Å². The lowest BCUT2D eigenvalue weighted by molar-refractivity contribution is -0.0334. The van der Waals surface area contributed by atoms with Gasteiger partial charge in [0.05, 0.1) is 26.4 Å². The van der Waals surface area contributed by atoms with Gasteiger partial charge in [0, 0.05) is 13.1 Å². The molecule has 0 atom stereocenters. The Morgan fingerprint density at radius 1 is 1.08 bits per heavy atom. The van der Waals surface area contributed by atoms with Gasteiger partial charge in [-0.15, -0.1) is 0 Å². The van der Waals surface area contributed by atoms with Crippen LogP contribution >= 0.6 is 0 Å². The van der Waals surface area contributed by atoms with E-state index in [4.69, 9.17) is 15.2 Å². The van der Waals surface area contributed by atoms with E-state index >= 15 is 0 Å². The summed E-state index contributed by atoms with van der Waals surface area (Å²) in [6, 6.07) is 0. The highest BCUT2D eigenvalue weighted by Gasteiger charge is 1.94. The minimum atomic E-state index is 0.757. The lowest BCUT2D eigenvalue weighted by atomic mass is 10.6. The first-order valence-electron chi connectivity index (χ1n) is 4.27. The first-order valence-corrected chi connectivity index (χ1v) is 4.27. The molecular formula is C8H20N2O2. The van der Waals surface area contributed by atoms with E-state index in [2.05, 4.69) is 4.90 Å². The van der Waals surface area contributed by atoms with Crippen LogP contribution in [0.5, 0.6) is 0 Å². The van der Waals surface area contributed by atoms with E-state index in [-0.39, 0.29) is 0 Å². The summed E-state index contributed by atoms with van der Waals surface area (Å²) in [7, 11) is 4.01. The zero-order valence-electron chi connectivity index (χ0n) is 8.08. The third-order valence-corrected chi connectivity index (χ3v) is 1.32. The molecule has 0 aromatic carbocycles. The van der Waals surface area contributed by atoms with E-state index in [1.54, 1.807) is 0 Å². The zero-order valence-corrected chi connectivity index (χ0v) is 8.08. The maximum absolute atomic E-state index is 5.19. The number of rotatable bonds is 2. The first kappa shape index (κ1) is 11.8. The van der Waals surface area contributed by atoms with Gasteiger partial charge in [-0.1, -0.05) is 0 Å². The van der Waals surface area contributed by atoms with Crippen LogP contribution in [0.2, 0.25) is 0 Å². The normalized spacial score (nSPS) is 17.0. The number of hydrogen-bond donors (Lipinski definition) is 1. The second-order valence-electron chi connectivity index (χ2n) is 2.82. The van der Waals surface area contributed by atoms with Crippen LogP contribution < -0.4 is 5.73 Å². The molecule has 0 aromatic rings. The second-order valence-corrected chi connectivity index (χ2v) is 2.82. The van der Waals surface area contributed by atoms with Crippen LogP contribution in [0.3, 0.4) is 0 Å². The Morgan fingerprint density at radius 2 is 1.50 bits per heavy atom. The Morgan fingerprint density at radius 3 is 1.58 bits per heavy atom. The fourth-order valence-electron chi connectivity index (χ4n) is 0.698. The van der Waals surface area contributed by atoms with Gasteiger partial charge in [-0.05, 0) is 14.1 Å². The topological polar surface area (TPSA) is 47.7 Å². The molecule has 1 aliphatic heterocycles. The van der Waals surface area contributed by atoms with E-state index in [1.807, 2.05) is 14.1 Å². The summed E-state index contributed by atoms with van der Waals surface area (Å²) in [6.07, 6.45) is 0. The van der Waals surface area contributed by atoms with E-state index in [1.165, 1.54) is 0 Å². The van der Waals surface area contributed by atoms with Crippen LogP contribution in [0.1, 0.15) is 0 Å². The fourth-order valence-corrected chi connectivity index (χ4v) is 0.698. The van der Waals surface area contributed by atoms with Crippen LogP contribution in [-0.2, 0) is 9.47 Å². The van der Waals surface area contributed by atoms with Crippen molar-refractivity contribution in [3.63, 3.8) is 0 Å². The molecule has 1 rings (SSSR count). The SMILES string of the molecule is C1COCCO1.CN(C)CCN. The molecule has 4 nitrogen and oxygen atoms in total. The Balaban J connectivity index is 0.000000202. The second kappa shape index (κ2) is 8.93. The number of ether oxygens (including phenoxy) is 2. The van der Waals surface area contributed by atoms with Gasteiger partial charge >= 0.3 is 0 Å². The average molecular weight is 176 g/mol. The summed E-state index contributed by atoms with van der Waals surface area (Å²) in [5.74, 6) is 0. The van der Waals surface area contributed by atoms with Gasteiger partial charge in [0.25, 0.3) is 0 Å². The van der Waals surface area contributed by atoms with Crippen molar-refractivity contribution in [3.8, 4) is 0 Å². The smallest absolute Gasteiger partial charge is 0.0701 e.